The number of nitrogens with one attached hydrogen (secondary N) is 1. The zero-order valence-corrected chi connectivity index (χ0v) is 11.0. The Kier molecular flexibility index (Phi) is 4.30. The lowest BCUT2D eigenvalue weighted by atomic mass is 10.1. The van der Waals surface area contributed by atoms with Crippen LogP contribution in [0.3, 0.4) is 0 Å². The molecule has 1 amide bonds. The van der Waals surface area contributed by atoms with Crippen molar-refractivity contribution in [3.63, 3.8) is 0 Å². The molecule has 3 N–H and O–H groups in total. The van der Waals surface area contributed by atoms with Crippen molar-refractivity contribution in [2.24, 2.45) is 5.73 Å². The van der Waals surface area contributed by atoms with E-state index in [1.54, 1.807) is 17.1 Å². The molecule has 2 rings (SSSR count). The first-order valence-electron chi connectivity index (χ1n) is 6.24. The molecule has 1 aromatic carbocycles. The van der Waals surface area contributed by atoms with E-state index in [2.05, 4.69) is 10.3 Å². The Labute approximate surface area is 112 Å². The molecule has 0 fully saturated rings. The second-order valence-electron chi connectivity index (χ2n) is 4.45. The summed E-state index contributed by atoms with van der Waals surface area (Å²) in [4.78, 5) is 15.9. The van der Waals surface area contributed by atoms with E-state index in [1.165, 1.54) is 5.56 Å². The molecule has 0 aliphatic carbocycles. The van der Waals surface area contributed by atoms with E-state index in [0.29, 0.717) is 25.3 Å². The molecule has 0 saturated heterocycles. The van der Waals surface area contributed by atoms with Crippen LogP contribution in [0, 0.1) is 6.92 Å². The molecule has 0 atom stereocenters. The summed E-state index contributed by atoms with van der Waals surface area (Å²) in [5, 5.41) is 2.84. The minimum atomic E-state index is -0.170. The first-order valence-corrected chi connectivity index (χ1v) is 6.24. The Morgan fingerprint density at radius 3 is 2.79 bits per heavy atom. The van der Waals surface area contributed by atoms with Crippen LogP contribution in [0.1, 0.15) is 21.6 Å². The maximum atomic E-state index is 11.9. The van der Waals surface area contributed by atoms with Crippen LogP contribution >= 0.6 is 0 Å². The fourth-order valence-corrected chi connectivity index (χ4v) is 1.73. The minimum Gasteiger partial charge on any atom is -0.347 e. The van der Waals surface area contributed by atoms with E-state index in [4.69, 9.17) is 5.73 Å². The molecular formula is C14H18N4O. The van der Waals surface area contributed by atoms with Gasteiger partial charge in [-0.2, -0.15) is 0 Å². The standard InChI is InChI=1S/C14H18N4O/c1-11-2-4-12(5-3-11)8-16-14(19)13-9-18(7-6-15)10-17-13/h2-5,9-10H,6-8,15H2,1H3,(H,16,19). The van der Waals surface area contributed by atoms with Crippen LogP contribution in [0.2, 0.25) is 0 Å². The van der Waals surface area contributed by atoms with Gasteiger partial charge in [-0.05, 0) is 12.5 Å². The van der Waals surface area contributed by atoms with Crippen LogP contribution in [-0.4, -0.2) is 22.0 Å². The number of amides is 1. The Balaban J connectivity index is 1.91. The number of aryl methyl sites for hydroxylation is 1. The highest BCUT2D eigenvalue weighted by Gasteiger charge is 2.08. The zero-order valence-electron chi connectivity index (χ0n) is 11.0. The van der Waals surface area contributed by atoms with Gasteiger partial charge in [0.1, 0.15) is 5.69 Å². The third-order valence-corrected chi connectivity index (χ3v) is 2.83. The Bertz CT molecular complexity index is 545. The third-order valence-electron chi connectivity index (χ3n) is 2.83. The summed E-state index contributed by atoms with van der Waals surface area (Å²) < 4.78 is 1.81. The van der Waals surface area contributed by atoms with E-state index < -0.39 is 0 Å². The van der Waals surface area contributed by atoms with Gasteiger partial charge in [-0.25, -0.2) is 4.98 Å². The summed E-state index contributed by atoms with van der Waals surface area (Å²) in [6, 6.07) is 8.06. The highest BCUT2D eigenvalue weighted by atomic mass is 16.1. The van der Waals surface area contributed by atoms with Crippen LogP contribution in [0.25, 0.3) is 0 Å². The molecule has 1 heterocycles. The number of aromatic nitrogens is 2. The molecule has 0 aliphatic rings. The maximum absolute atomic E-state index is 11.9. The van der Waals surface area contributed by atoms with Crippen molar-refractivity contribution >= 4 is 5.91 Å². The summed E-state index contributed by atoms with van der Waals surface area (Å²) in [7, 11) is 0. The zero-order chi connectivity index (χ0) is 13.7. The first kappa shape index (κ1) is 13.3. The molecule has 5 heteroatoms. The lowest BCUT2D eigenvalue weighted by molar-refractivity contribution is 0.0946. The van der Waals surface area contributed by atoms with Crippen molar-refractivity contribution in [3.05, 3.63) is 53.6 Å². The van der Waals surface area contributed by atoms with Gasteiger partial charge in [0.2, 0.25) is 0 Å². The predicted molar refractivity (Wildman–Crippen MR) is 73.6 cm³/mol. The Morgan fingerprint density at radius 2 is 2.11 bits per heavy atom. The van der Waals surface area contributed by atoms with Crippen LogP contribution in [-0.2, 0) is 13.1 Å². The van der Waals surface area contributed by atoms with Crippen LogP contribution in [0.4, 0.5) is 0 Å². The van der Waals surface area contributed by atoms with Crippen LogP contribution < -0.4 is 11.1 Å². The number of carbonyl (C=O) groups is 1. The number of carbonyl (C=O) groups excluding carboxylic acids is 1. The topological polar surface area (TPSA) is 72.9 Å². The number of benzene rings is 1. The quantitative estimate of drug-likeness (QED) is 0.843. The second kappa shape index (κ2) is 6.15. The molecule has 19 heavy (non-hydrogen) atoms. The van der Waals surface area contributed by atoms with Gasteiger partial charge >= 0.3 is 0 Å². The number of rotatable bonds is 5. The highest BCUT2D eigenvalue weighted by Crippen LogP contribution is 2.03. The number of imidazole rings is 1. The maximum Gasteiger partial charge on any atom is 0.271 e. The van der Waals surface area contributed by atoms with Gasteiger partial charge in [0.15, 0.2) is 0 Å². The summed E-state index contributed by atoms with van der Waals surface area (Å²) in [6.07, 6.45) is 3.32. The van der Waals surface area contributed by atoms with Gasteiger partial charge in [0.05, 0.1) is 6.33 Å². The van der Waals surface area contributed by atoms with E-state index >= 15 is 0 Å². The number of hydrogen-bond acceptors (Lipinski definition) is 3. The molecule has 2 aromatic rings. The van der Waals surface area contributed by atoms with Crippen LogP contribution in [0.15, 0.2) is 36.8 Å². The van der Waals surface area contributed by atoms with Gasteiger partial charge < -0.3 is 15.6 Å². The summed E-state index contributed by atoms with van der Waals surface area (Å²) in [5.74, 6) is -0.170. The molecule has 0 radical (unpaired) electrons. The Morgan fingerprint density at radius 1 is 1.37 bits per heavy atom. The van der Waals surface area contributed by atoms with Crippen molar-refractivity contribution in [1.29, 1.82) is 0 Å². The molecule has 1 aromatic heterocycles. The second-order valence-corrected chi connectivity index (χ2v) is 4.45. The smallest absolute Gasteiger partial charge is 0.271 e. The highest BCUT2D eigenvalue weighted by molar-refractivity contribution is 5.91. The van der Waals surface area contributed by atoms with Crippen molar-refractivity contribution < 1.29 is 4.79 Å². The molecule has 0 unspecified atom stereocenters. The van der Waals surface area contributed by atoms with E-state index in [9.17, 15) is 4.79 Å². The lowest BCUT2D eigenvalue weighted by Crippen LogP contribution is -2.23. The lowest BCUT2D eigenvalue weighted by Gasteiger charge is -2.03. The van der Waals surface area contributed by atoms with Crippen molar-refractivity contribution in [3.8, 4) is 0 Å². The largest absolute Gasteiger partial charge is 0.347 e. The SMILES string of the molecule is Cc1ccc(CNC(=O)c2cn(CCN)cn2)cc1. The molecule has 0 aliphatic heterocycles. The third kappa shape index (κ3) is 3.66. The van der Waals surface area contributed by atoms with Crippen LogP contribution in [0.5, 0.6) is 0 Å². The summed E-state index contributed by atoms with van der Waals surface area (Å²) in [6.45, 7) is 3.73. The van der Waals surface area contributed by atoms with E-state index in [1.807, 2.05) is 31.2 Å². The van der Waals surface area contributed by atoms with E-state index in [-0.39, 0.29) is 5.91 Å². The minimum absolute atomic E-state index is 0.170. The predicted octanol–water partition coefficient (Wildman–Crippen LogP) is 1.08. The fraction of sp³-hybridized carbons (Fsp3) is 0.286. The van der Waals surface area contributed by atoms with Gasteiger partial charge in [0.25, 0.3) is 5.91 Å². The average molecular weight is 258 g/mol. The van der Waals surface area contributed by atoms with Crippen molar-refractivity contribution in [1.82, 2.24) is 14.9 Å². The molecule has 5 nitrogen and oxygen atoms in total. The normalized spacial score (nSPS) is 10.4. The number of nitrogens with two attached hydrogens (primary N) is 1. The van der Waals surface area contributed by atoms with Gasteiger partial charge in [0, 0.05) is 25.8 Å². The average Bonchev–Trinajstić information content (AvgIpc) is 2.87. The monoisotopic (exact) mass is 258 g/mol. The molecular weight excluding hydrogens is 240 g/mol. The summed E-state index contributed by atoms with van der Waals surface area (Å²) >= 11 is 0. The van der Waals surface area contributed by atoms with Gasteiger partial charge in [-0.1, -0.05) is 29.8 Å². The molecule has 0 spiro atoms. The Hall–Kier alpha value is -2.14. The first-order chi connectivity index (χ1) is 9.19. The molecule has 0 bridgehead atoms. The summed E-state index contributed by atoms with van der Waals surface area (Å²) in [5.41, 5.74) is 8.13. The van der Waals surface area contributed by atoms with Gasteiger partial charge in [-0.3, -0.25) is 4.79 Å². The van der Waals surface area contributed by atoms with Crippen molar-refractivity contribution in [2.45, 2.75) is 20.0 Å². The van der Waals surface area contributed by atoms with Gasteiger partial charge in [-0.15, -0.1) is 0 Å². The molecule has 100 valence electrons. The fourth-order valence-electron chi connectivity index (χ4n) is 1.73. The number of nitrogens with zero attached hydrogens (tertiary/aromatic N) is 2. The molecule has 0 saturated carbocycles. The van der Waals surface area contributed by atoms with Crippen molar-refractivity contribution in [2.75, 3.05) is 6.54 Å². The van der Waals surface area contributed by atoms with E-state index in [0.717, 1.165) is 5.56 Å². The number of hydrogen-bond donors (Lipinski definition) is 2.